The standard InChI is InChI=1S/Ca.Cr.GeH4.K.Mo.H2Se.3H/h;;1H4;;;1H2;;;/q;;;;+1;;;;/p-1. The summed E-state index contributed by atoms with van der Waals surface area (Å²) in [5.41, 5.74) is 0. The molecular formula is H8CaCrGeKMoSe. The maximum absolute atomic E-state index is 2.32. The molecule has 0 radical (unpaired) electrons. The number of hydrogen-bond donors (Lipinski definition) is 0. The van der Waals surface area contributed by atoms with Crippen LogP contribution in [0.15, 0.2) is 0 Å². The zero-order valence-electron chi connectivity index (χ0n) is 1.26. The summed E-state index contributed by atoms with van der Waals surface area (Å²) in [4.78, 5) is 0. The van der Waals surface area contributed by atoms with Gasteiger partial charge >= 0.3 is 138 Å². The van der Waals surface area contributed by atoms with Gasteiger partial charge in [0.25, 0.3) is 0 Å². The van der Waals surface area contributed by atoms with E-state index in [0.29, 0.717) is 0 Å². The van der Waals surface area contributed by atoms with Crippen LogP contribution in [0, 0.1) is 0 Å². The van der Waals surface area contributed by atoms with Crippen LogP contribution in [0.3, 0.4) is 0 Å². The Labute approximate surface area is 150 Å². The molecule has 33 valence electrons. The molecule has 0 atom stereocenters. The molecular weight excluding hydrogens is 379 g/mol. The molecule has 0 amide bonds. The Kier molecular flexibility index (Phi) is 162. The Morgan fingerprint density at radius 1 is 1.17 bits per heavy atom. The first-order valence-corrected chi connectivity index (χ1v) is 5.61. The molecule has 0 aromatic heterocycles. The molecule has 0 heterocycles. The van der Waals surface area contributed by atoms with E-state index in [1.165, 1.54) is 0 Å². The Morgan fingerprint density at radius 2 is 1.17 bits per heavy atom. The van der Waals surface area contributed by atoms with E-state index in [9.17, 15) is 0 Å². The van der Waals surface area contributed by atoms with Crippen molar-refractivity contribution < 1.29 is 35.1 Å². The number of rotatable bonds is 0. The van der Waals surface area contributed by atoms with E-state index in [1.54, 1.807) is 0 Å². The predicted molar refractivity (Wildman–Crippen MR) is 34.2 cm³/mol. The molecule has 0 saturated heterocycles. The minimum atomic E-state index is 0. The Hall–Kier alpha value is 5.18. The normalized spacial score (nSPS) is 0.833. The van der Waals surface area contributed by atoms with Crippen LogP contribution in [-0.4, -0.2) is 120 Å². The van der Waals surface area contributed by atoms with Crippen molar-refractivity contribution >= 4 is 120 Å². The fourth-order valence-electron chi connectivity index (χ4n) is 0. The van der Waals surface area contributed by atoms with E-state index in [2.05, 4.69) is 13.4 Å². The second kappa shape index (κ2) is 32.0. The average Bonchev–Trinajstić information content (AvgIpc) is 1.00. The van der Waals surface area contributed by atoms with Gasteiger partial charge < -0.3 is 0 Å². The van der Waals surface area contributed by atoms with Gasteiger partial charge in [0.15, 0.2) is 0 Å². The summed E-state index contributed by atoms with van der Waals surface area (Å²) >= 11 is 4.21. The van der Waals surface area contributed by atoms with Gasteiger partial charge in [0.05, 0.1) is 0 Å². The van der Waals surface area contributed by atoms with Gasteiger partial charge in [-0.1, -0.05) is 0 Å². The van der Waals surface area contributed by atoms with Crippen LogP contribution in [0.4, 0.5) is 0 Å². The zero-order chi connectivity index (χ0) is 2.00. The summed E-state index contributed by atoms with van der Waals surface area (Å²) in [7, 11) is 0. The summed E-state index contributed by atoms with van der Waals surface area (Å²) in [6.07, 6.45) is 0. The van der Waals surface area contributed by atoms with Crippen LogP contribution in [0.2, 0.25) is 0 Å². The fraction of sp³-hybridized carbons (Fsp3) is 0. The summed E-state index contributed by atoms with van der Waals surface area (Å²) in [6, 6.07) is 0. The monoisotopic (exact) mass is 391 g/mol. The van der Waals surface area contributed by atoms with Gasteiger partial charge in [-0.2, -0.15) is 0 Å². The van der Waals surface area contributed by atoms with E-state index >= 15 is 0 Å². The van der Waals surface area contributed by atoms with Crippen LogP contribution in [-0.2, 0) is 35.1 Å². The van der Waals surface area contributed by atoms with E-state index in [4.69, 9.17) is 0 Å². The van der Waals surface area contributed by atoms with Crippen LogP contribution in [0.25, 0.3) is 0 Å². The van der Waals surface area contributed by atoms with Crippen molar-refractivity contribution in [2.24, 2.45) is 0 Å². The van der Waals surface area contributed by atoms with Crippen molar-refractivity contribution in [1.29, 1.82) is 0 Å². The van der Waals surface area contributed by atoms with E-state index < -0.39 is 0 Å². The summed E-state index contributed by atoms with van der Waals surface area (Å²) in [5, 5.41) is 0. The van der Waals surface area contributed by atoms with Gasteiger partial charge in [0.1, 0.15) is 0 Å². The molecule has 0 aliphatic heterocycles. The molecule has 0 bridgehead atoms. The molecule has 0 saturated carbocycles. The van der Waals surface area contributed by atoms with E-state index in [-0.39, 0.29) is 124 Å². The second-order valence-electron chi connectivity index (χ2n) is 0. The first kappa shape index (κ1) is 30.3. The second-order valence-corrected chi connectivity index (χ2v) is 0. The molecule has 0 aromatic rings. The topological polar surface area (TPSA) is 0 Å². The molecule has 0 fully saturated rings. The van der Waals surface area contributed by atoms with E-state index in [1.807, 2.05) is 17.7 Å². The summed E-state index contributed by atoms with van der Waals surface area (Å²) in [6.45, 7) is 0. The van der Waals surface area contributed by atoms with Crippen molar-refractivity contribution in [3.63, 3.8) is 0 Å². The third kappa shape index (κ3) is 22.9. The minimum absolute atomic E-state index is 0. The molecule has 0 rings (SSSR count). The van der Waals surface area contributed by atoms with Crippen LogP contribution >= 0.6 is 0 Å². The van der Waals surface area contributed by atoms with Crippen molar-refractivity contribution in [2.45, 2.75) is 0 Å². The molecule has 6 heteroatoms. The summed E-state index contributed by atoms with van der Waals surface area (Å²) < 4.78 is 0. The Bertz CT molecular complexity index is 15.5. The van der Waals surface area contributed by atoms with Gasteiger partial charge in [0.2, 0.25) is 0 Å². The SMILES string of the molecule is [CaH2].[Cr].[GeH4].[KH].[SeH][Mo]. The maximum atomic E-state index is 2.32. The van der Waals surface area contributed by atoms with Gasteiger partial charge in [0, 0.05) is 17.4 Å². The van der Waals surface area contributed by atoms with Crippen molar-refractivity contribution in [3.8, 4) is 0 Å². The van der Waals surface area contributed by atoms with Gasteiger partial charge in [-0.3, -0.25) is 0 Å². The van der Waals surface area contributed by atoms with Crippen LogP contribution < -0.4 is 0 Å². The summed E-state index contributed by atoms with van der Waals surface area (Å²) in [5.74, 6) is 0. The zero-order valence-corrected chi connectivity index (χ0v) is 6.42. The Morgan fingerprint density at radius 3 is 1.17 bits per heavy atom. The van der Waals surface area contributed by atoms with E-state index in [0.717, 1.165) is 0 Å². The molecule has 0 aliphatic carbocycles. The first-order chi connectivity index (χ1) is 1.00. The molecule has 0 N–H and O–H groups in total. The fourth-order valence-corrected chi connectivity index (χ4v) is 0. The average molecular weight is 387 g/mol. The molecule has 0 unspecified atom stereocenters. The molecule has 6 heavy (non-hydrogen) atoms. The molecule has 0 aliphatic rings. The van der Waals surface area contributed by atoms with Crippen LogP contribution in [0.5, 0.6) is 0 Å². The molecule has 0 spiro atoms. The first-order valence-electron chi connectivity index (χ1n) is 0.183. The third-order valence-corrected chi connectivity index (χ3v) is 0. The predicted octanol–water partition coefficient (Wildman–Crippen LogP) is -3.67. The van der Waals surface area contributed by atoms with Crippen molar-refractivity contribution in [3.05, 3.63) is 0 Å². The third-order valence-electron chi connectivity index (χ3n) is 0. The Balaban J connectivity index is -0.000000000833. The quantitative estimate of drug-likeness (QED) is 0.377. The van der Waals surface area contributed by atoms with Gasteiger partial charge in [-0.25, -0.2) is 0 Å². The molecule has 0 nitrogen and oxygen atoms in total. The van der Waals surface area contributed by atoms with Crippen molar-refractivity contribution in [1.82, 2.24) is 0 Å². The van der Waals surface area contributed by atoms with Gasteiger partial charge in [-0.15, -0.1) is 0 Å². The molecule has 0 aromatic carbocycles. The van der Waals surface area contributed by atoms with Crippen LogP contribution in [0.1, 0.15) is 0 Å². The number of hydrogen-bond acceptors (Lipinski definition) is 0. The van der Waals surface area contributed by atoms with Crippen molar-refractivity contribution in [2.75, 3.05) is 0 Å². The van der Waals surface area contributed by atoms with Gasteiger partial charge in [-0.05, 0) is 0 Å².